The van der Waals surface area contributed by atoms with E-state index < -0.39 is 0 Å². The van der Waals surface area contributed by atoms with Gasteiger partial charge in [-0.2, -0.15) is 15.6 Å². The van der Waals surface area contributed by atoms with E-state index in [9.17, 15) is 15.6 Å². The van der Waals surface area contributed by atoms with Gasteiger partial charge in [0.2, 0.25) is 0 Å². The summed E-state index contributed by atoms with van der Waals surface area (Å²) in [5.41, 5.74) is 7.61. The van der Waals surface area contributed by atoms with E-state index in [0.29, 0.717) is 21.4 Å². The molecule has 3 aromatic rings. The first-order valence-corrected chi connectivity index (χ1v) is 10.8. The topological polar surface area (TPSA) is 121 Å². The van der Waals surface area contributed by atoms with E-state index >= 15 is 0 Å². The first kappa shape index (κ1) is 23.6. The van der Waals surface area contributed by atoms with Crippen LogP contribution in [0, 0.1) is 22.7 Å². The smallest absolute Gasteiger partial charge is 0.140 e. The van der Waals surface area contributed by atoms with Gasteiger partial charge in [0, 0.05) is 25.6 Å². The SMILES string of the molecule is N#CC(=Cc1cc(Br)ccc1OCc1ccc(Cl)cc1Cl)c1nn(CCO)c(N)c1C#N. The number of benzene rings is 2. The van der Waals surface area contributed by atoms with Crippen molar-refractivity contribution in [2.24, 2.45) is 0 Å². The maximum absolute atomic E-state index is 9.77. The van der Waals surface area contributed by atoms with E-state index in [0.717, 1.165) is 10.0 Å². The number of nitrogens with two attached hydrogens (primary N) is 1. The lowest BCUT2D eigenvalue weighted by Gasteiger charge is -2.11. The molecule has 0 fully saturated rings. The minimum Gasteiger partial charge on any atom is -0.488 e. The molecule has 0 aliphatic carbocycles. The van der Waals surface area contributed by atoms with Crippen molar-refractivity contribution in [2.45, 2.75) is 13.2 Å². The van der Waals surface area contributed by atoms with Gasteiger partial charge in [-0.25, -0.2) is 4.68 Å². The summed E-state index contributed by atoms with van der Waals surface area (Å²) in [6, 6.07) is 14.5. The highest BCUT2D eigenvalue weighted by molar-refractivity contribution is 9.10. The van der Waals surface area contributed by atoms with Crippen molar-refractivity contribution in [3.63, 3.8) is 0 Å². The second-order valence-corrected chi connectivity index (χ2v) is 8.30. The molecule has 162 valence electrons. The molecule has 0 saturated heterocycles. The van der Waals surface area contributed by atoms with Crippen LogP contribution in [0.1, 0.15) is 22.4 Å². The molecule has 7 nitrogen and oxygen atoms in total. The molecule has 0 aliphatic heterocycles. The monoisotopic (exact) mass is 531 g/mol. The molecule has 0 bridgehead atoms. The van der Waals surface area contributed by atoms with Crippen LogP contribution < -0.4 is 10.5 Å². The summed E-state index contributed by atoms with van der Waals surface area (Å²) in [7, 11) is 0. The molecule has 0 spiro atoms. The van der Waals surface area contributed by atoms with Gasteiger partial charge in [-0.15, -0.1) is 0 Å². The van der Waals surface area contributed by atoms with Gasteiger partial charge in [-0.3, -0.25) is 0 Å². The number of ether oxygens (including phenoxy) is 1. The average molecular weight is 533 g/mol. The number of nitrogen functional groups attached to an aromatic ring is 1. The number of allylic oxidation sites excluding steroid dienone is 1. The quantitative estimate of drug-likeness (QED) is 0.411. The second-order valence-electron chi connectivity index (χ2n) is 6.54. The summed E-state index contributed by atoms with van der Waals surface area (Å²) in [5, 5.41) is 33.7. The van der Waals surface area contributed by atoms with Crippen LogP contribution in [0.25, 0.3) is 11.6 Å². The summed E-state index contributed by atoms with van der Waals surface area (Å²) >= 11 is 15.6. The van der Waals surface area contributed by atoms with Crippen LogP contribution in [0.4, 0.5) is 5.82 Å². The Morgan fingerprint density at radius 1 is 1.25 bits per heavy atom. The van der Waals surface area contributed by atoms with Crippen LogP contribution in [-0.4, -0.2) is 21.5 Å². The molecule has 1 heterocycles. The second kappa shape index (κ2) is 10.5. The number of nitrogens with zero attached hydrogens (tertiary/aromatic N) is 4. The zero-order valence-electron chi connectivity index (χ0n) is 16.5. The maximum Gasteiger partial charge on any atom is 0.140 e. The van der Waals surface area contributed by atoms with Crippen LogP contribution in [-0.2, 0) is 13.2 Å². The highest BCUT2D eigenvalue weighted by Gasteiger charge is 2.19. The standard InChI is InChI=1S/C22H16BrCl2N5O2/c23-16-2-4-20(32-12-13-1-3-17(24)9-19(13)25)14(8-16)7-15(10-26)21-18(11-27)22(28)30(29-21)5-6-31/h1-4,7-9,31H,5-6,12,28H2. The lowest BCUT2D eigenvalue weighted by Crippen LogP contribution is -2.07. The number of aromatic nitrogens is 2. The summed E-state index contributed by atoms with van der Waals surface area (Å²) in [6.45, 7) is 0.0763. The molecular weight excluding hydrogens is 517 g/mol. The summed E-state index contributed by atoms with van der Waals surface area (Å²) < 4.78 is 8.01. The number of aliphatic hydroxyl groups is 1. The van der Waals surface area contributed by atoms with E-state index in [4.69, 9.17) is 33.7 Å². The first-order valence-electron chi connectivity index (χ1n) is 9.23. The van der Waals surface area contributed by atoms with Gasteiger partial charge < -0.3 is 15.6 Å². The third-order valence-corrected chi connectivity index (χ3v) is 5.54. The predicted molar refractivity (Wildman–Crippen MR) is 127 cm³/mol. The fourth-order valence-corrected chi connectivity index (χ4v) is 3.75. The summed E-state index contributed by atoms with van der Waals surface area (Å²) in [5.74, 6) is 0.578. The van der Waals surface area contributed by atoms with E-state index in [1.165, 1.54) is 4.68 Å². The lowest BCUT2D eigenvalue weighted by molar-refractivity contribution is 0.270. The van der Waals surface area contributed by atoms with Crippen molar-refractivity contribution in [3.05, 3.63) is 73.3 Å². The van der Waals surface area contributed by atoms with Crippen molar-refractivity contribution in [2.75, 3.05) is 12.3 Å². The van der Waals surface area contributed by atoms with Gasteiger partial charge in [-0.05, 0) is 36.4 Å². The van der Waals surface area contributed by atoms with Crippen molar-refractivity contribution in [1.29, 1.82) is 10.5 Å². The van der Waals surface area contributed by atoms with Crippen molar-refractivity contribution in [1.82, 2.24) is 9.78 Å². The normalized spacial score (nSPS) is 11.1. The van der Waals surface area contributed by atoms with Crippen LogP contribution in [0.2, 0.25) is 10.0 Å². The zero-order chi connectivity index (χ0) is 23.3. The number of rotatable bonds is 7. The Morgan fingerprint density at radius 2 is 2.03 bits per heavy atom. The third-order valence-electron chi connectivity index (χ3n) is 4.46. The molecule has 3 rings (SSSR count). The van der Waals surface area contributed by atoms with Gasteiger partial charge in [0.05, 0.1) is 18.7 Å². The minimum atomic E-state index is -0.210. The molecule has 0 atom stereocenters. The Bertz CT molecular complexity index is 1270. The number of hydrogen-bond donors (Lipinski definition) is 2. The molecule has 32 heavy (non-hydrogen) atoms. The fourth-order valence-electron chi connectivity index (χ4n) is 2.91. The molecule has 0 aliphatic rings. The largest absolute Gasteiger partial charge is 0.488 e. The number of nitriles is 2. The third kappa shape index (κ3) is 5.24. The Hall–Kier alpha value is -3.01. The molecule has 2 aromatic carbocycles. The van der Waals surface area contributed by atoms with Gasteiger partial charge in [0.25, 0.3) is 0 Å². The van der Waals surface area contributed by atoms with Crippen molar-refractivity contribution < 1.29 is 9.84 Å². The molecule has 10 heteroatoms. The van der Waals surface area contributed by atoms with Gasteiger partial charge in [0.15, 0.2) is 0 Å². The Kier molecular flexibility index (Phi) is 7.79. The maximum atomic E-state index is 9.77. The van der Waals surface area contributed by atoms with Crippen LogP contribution in [0.3, 0.4) is 0 Å². The lowest BCUT2D eigenvalue weighted by atomic mass is 10.1. The molecular formula is C22H16BrCl2N5O2. The molecule has 3 N–H and O–H groups in total. The van der Waals surface area contributed by atoms with Gasteiger partial charge in [0.1, 0.15) is 41.6 Å². The van der Waals surface area contributed by atoms with Crippen molar-refractivity contribution >= 4 is 56.6 Å². The van der Waals surface area contributed by atoms with Crippen LogP contribution in [0.5, 0.6) is 5.75 Å². The Balaban J connectivity index is 2.00. The van der Waals surface area contributed by atoms with E-state index in [2.05, 4.69) is 27.1 Å². The molecule has 0 amide bonds. The number of hydrogen-bond acceptors (Lipinski definition) is 6. The number of aliphatic hydroxyl groups excluding tert-OH is 1. The highest BCUT2D eigenvalue weighted by atomic mass is 79.9. The molecule has 1 aromatic heterocycles. The highest BCUT2D eigenvalue weighted by Crippen LogP contribution is 2.31. The van der Waals surface area contributed by atoms with Crippen LogP contribution >= 0.6 is 39.1 Å². The fraction of sp³-hybridized carbons (Fsp3) is 0.136. The number of anilines is 1. The van der Waals surface area contributed by atoms with E-state index in [-0.39, 0.29) is 42.4 Å². The minimum absolute atomic E-state index is 0.0664. The Morgan fingerprint density at radius 3 is 2.69 bits per heavy atom. The van der Waals surface area contributed by atoms with Gasteiger partial charge in [-0.1, -0.05) is 45.2 Å². The summed E-state index contributed by atoms with van der Waals surface area (Å²) in [6.07, 6.45) is 1.56. The van der Waals surface area contributed by atoms with Crippen LogP contribution in [0.15, 0.2) is 40.9 Å². The van der Waals surface area contributed by atoms with E-state index in [1.54, 1.807) is 42.5 Å². The Labute approximate surface area is 203 Å². The summed E-state index contributed by atoms with van der Waals surface area (Å²) in [4.78, 5) is 0. The van der Waals surface area contributed by atoms with Gasteiger partial charge >= 0.3 is 0 Å². The van der Waals surface area contributed by atoms with E-state index in [1.807, 2.05) is 6.07 Å². The molecule has 0 radical (unpaired) electrons. The zero-order valence-corrected chi connectivity index (χ0v) is 19.6. The number of halogens is 3. The average Bonchev–Trinajstić information content (AvgIpc) is 3.07. The molecule has 0 unspecified atom stereocenters. The predicted octanol–water partition coefficient (Wildman–Crippen LogP) is 5.04. The van der Waals surface area contributed by atoms with Crippen molar-refractivity contribution in [3.8, 4) is 17.9 Å². The first-order chi connectivity index (χ1) is 15.4. The molecule has 0 saturated carbocycles.